The minimum Gasteiger partial charge on any atom is -0.302 e. The molecule has 1 aromatic carbocycles. The molecule has 60 valence electrons. The van der Waals surface area contributed by atoms with Crippen LogP contribution in [0.3, 0.4) is 0 Å². The summed E-state index contributed by atoms with van der Waals surface area (Å²) in [5.41, 5.74) is 0. The van der Waals surface area contributed by atoms with E-state index < -0.39 is 6.49 Å². The van der Waals surface area contributed by atoms with Crippen molar-refractivity contribution in [3.63, 3.8) is 0 Å². The van der Waals surface area contributed by atoms with Gasteiger partial charge >= 0.3 is 0 Å². The molecule has 1 unspecified atom stereocenters. The summed E-state index contributed by atoms with van der Waals surface area (Å²) >= 11 is 8.93. The predicted octanol–water partition coefficient (Wildman–Crippen LogP) is 3.22. The van der Waals surface area contributed by atoms with E-state index >= 15 is 0 Å². The molecule has 0 aromatic heterocycles. The molecule has 1 nitrogen and oxygen atoms in total. The summed E-state index contributed by atoms with van der Waals surface area (Å²) in [6.45, 7) is -1.05. The van der Waals surface area contributed by atoms with Crippen molar-refractivity contribution in [2.75, 3.05) is 6.66 Å². The SMILES string of the molecule is CP(=O)(Cl)c1ccc(Br)cc1. The zero-order valence-electron chi connectivity index (χ0n) is 5.92. The molecular weight excluding hydrogens is 246 g/mol. The standard InChI is InChI=1S/C7H7BrClOP/c1-11(9,10)7-4-2-6(8)3-5-7/h2-5H,1H3. The molecule has 0 fully saturated rings. The van der Waals surface area contributed by atoms with Crippen LogP contribution in [-0.2, 0) is 4.57 Å². The molecule has 11 heavy (non-hydrogen) atoms. The minimum atomic E-state index is -2.59. The number of hydrogen-bond donors (Lipinski definition) is 0. The third kappa shape index (κ3) is 2.62. The van der Waals surface area contributed by atoms with Crippen molar-refractivity contribution >= 4 is 39.0 Å². The fourth-order valence-corrected chi connectivity index (χ4v) is 1.99. The largest absolute Gasteiger partial charge is 0.302 e. The summed E-state index contributed by atoms with van der Waals surface area (Å²) in [5.74, 6) is 0. The summed E-state index contributed by atoms with van der Waals surface area (Å²) < 4.78 is 12.2. The van der Waals surface area contributed by atoms with Gasteiger partial charge in [0.05, 0.1) is 0 Å². The van der Waals surface area contributed by atoms with E-state index in [2.05, 4.69) is 15.9 Å². The van der Waals surface area contributed by atoms with E-state index in [4.69, 9.17) is 11.2 Å². The van der Waals surface area contributed by atoms with Gasteiger partial charge in [-0.05, 0) is 35.5 Å². The highest BCUT2D eigenvalue weighted by Gasteiger charge is 2.12. The normalized spacial score (nSPS) is 15.9. The van der Waals surface area contributed by atoms with E-state index in [1.807, 2.05) is 12.1 Å². The van der Waals surface area contributed by atoms with Crippen molar-refractivity contribution < 1.29 is 4.57 Å². The van der Waals surface area contributed by atoms with Crippen molar-refractivity contribution in [1.82, 2.24) is 0 Å². The predicted molar refractivity (Wildman–Crippen MR) is 53.2 cm³/mol. The molecule has 0 heterocycles. The van der Waals surface area contributed by atoms with Gasteiger partial charge in [-0.3, -0.25) is 0 Å². The highest BCUT2D eigenvalue weighted by molar-refractivity contribution is 9.10. The maximum Gasteiger partial charge on any atom is 0.194 e. The Kier molecular flexibility index (Phi) is 2.79. The van der Waals surface area contributed by atoms with Crippen molar-refractivity contribution in [2.24, 2.45) is 0 Å². The van der Waals surface area contributed by atoms with Crippen molar-refractivity contribution in [1.29, 1.82) is 0 Å². The second-order valence-corrected chi connectivity index (χ2v) is 7.30. The van der Waals surface area contributed by atoms with Crippen LogP contribution in [0.5, 0.6) is 0 Å². The first kappa shape index (κ1) is 9.31. The maximum absolute atomic E-state index is 11.3. The number of rotatable bonds is 1. The van der Waals surface area contributed by atoms with Gasteiger partial charge in [-0.2, -0.15) is 0 Å². The van der Waals surface area contributed by atoms with Gasteiger partial charge in [-0.25, -0.2) is 0 Å². The summed E-state index contributed by atoms with van der Waals surface area (Å²) in [5, 5.41) is 0.697. The van der Waals surface area contributed by atoms with E-state index in [0.29, 0.717) is 5.30 Å². The smallest absolute Gasteiger partial charge is 0.194 e. The van der Waals surface area contributed by atoms with E-state index in [9.17, 15) is 4.57 Å². The van der Waals surface area contributed by atoms with Gasteiger partial charge in [0.25, 0.3) is 0 Å². The topological polar surface area (TPSA) is 17.1 Å². The fraction of sp³-hybridized carbons (Fsp3) is 0.143. The zero-order valence-corrected chi connectivity index (χ0v) is 9.16. The average Bonchev–Trinajstić information content (AvgIpc) is 1.86. The van der Waals surface area contributed by atoms with Crippen molar-refractivity contribution in [3.8, 4) is 0 Å². The first-order valence-corrected chi connectivity index (χ1v) is 6.88. The van der Waals surface area contributed by atoms with Crippen LogP contribution < -0.4 is 5.30 Å². The van der Waals surface area contributed by atoms with E-state index in [0.717, 1.165) is 4.47 Å². The molecule has 0 radical (unpaired) electrons. The van der Waals surface area contributed by atoms with Crippen LogP contribution in [-0.4, -0.2) is 6.66 Å². The second-order valence-electron chi connectivity index (χ2n) is 2.30. The lowest BCUT2D eigenvalue weighted by Crippen LogP contribution is -1.97. The van der Waals surface area contributed by atoms with E-state index in [1.165, 1.54) is 6.66 Å². The van der Waals surface area contributed by atoms with Gasteiger partial charge in [-0.1, -0.05) is 15.9 Å². The fourth-order valence-electron chi connectivity index (χ4n) is 0.707. The molecule has 1 atom stereocenters. The lowest BCUT2D eigenvalue weighted by molar-refractivity contribution is 0.593. The first-order valence-electron chi connectivity index (χ1n) is 3.03. The van der Waals surface area contributed by atoms with Crippen molar-refractivity contribution in [3.05, 3.63) is 28.7 Å². The first-order chi connectivity index (χ1) is 5.00. The number of hydrogen-bond acceptors (Lipinski definition) is 1. The average molecular weight is 253 g/mol. The highest BCUT2D eigenvalue weighted by Crippen LogP contribution is 2.45. The van der Waals surface area contributed by atoms with Crippen molar-refractivity contribution in [2.45, 2.75) is 0 Å². The van der Waals surface area contributed by atoms with Gasteiger partial charge in [-0.15, -0.1) is 0 Å². The van der Waals surface area contributed by atoms with Gasteiger partial charge < -0.3 is 4.57 Å². The van der Waals surface area contributed by atoms with E-state index in [1.54, 1.807) is 12.1 Å². The zero-order chi connectivity index (χ0) is 8.48. The Balaban J connectivity index is 3.09. The van der Waals surface area contributed by atoms with Gasteiger partial charge in [0.1, 0.15) is 0 Å². The monoisotopic (exact) mass is 252 g/mol. The summed E-state index contributed by atoms with van der Waals surface area (Å²) in [6.07, 6.45) is 0. The van der Waals surface area contributed by atoms with Crippen LogP contribution in [0.2, 0.25) is 0 Å². The minimum absolute atomic E-state index is 0.697. The van der Waals surface area contributed by atoms with Crippen LogP contribution in [0.15, 0.2) is 28.7 Å². The third-order valence-corrected chi connectivity index (χ3v) is 3.62. The van der Waals surface area contributed by atoms with E-state index in [-0.39, 0.29) is 0 Å². The number of benzene rings is 1. The van der Waals surface area contributed by atoms with Gasteiger partial charge in [0.2, 0.25) is 0 Å². The Morgan fingerprint density at radius 3 is 2.18 bits per heavy atom. The molecule has 0 N–H and O–H groups in total. The van der Waals surface area contributed by atoms with Gasteiger partial charge in [0.15, 0.2) is 6.49 Å². The summed E-state index contributed by atoms with van der Waals surface area (Å²) in [7, 11) is 0. The Morgan fingerprint density at radius 2 is 1.82 bits per heavy atom. The Labute approximate surface area is 79.0 Å². The summed E-state index contributed by atoms with van der Waals surface area (Å²) in [6, 6.07) is 7.18. The molecule has 1 rings (SSSR count). The molecule has 4 heteroatoms. The second kappa shape index (κ2) is 3.30. The lowest BCUT2D eigenvalue weighted by Gasteiger charge is -2.02. The Bertz CT molecular complexity index is 290. The number of halogens is 2. The molecule has 0 aliphatic carbocycles. The molecule has 0 aliphatic rings. The third-order valence-electron chi connectivity index (χ3n) is 1.29. The van der Waals surface area contributed by atoms with Crippen LogP contribution in [0, 0.1) is 0 Å². The summed E-state index contributed by atoms with van der Waals surface area (Å²) in [4.78, 5) is 0. The Morgan fingerprint density at radius 1 is 1.36 bits per heavy atom. The van der Waals surface area contributed by atoms with Crippen LogP contribution >= 0.6 is 33.7 Å². The molecule has 0 bridgehead atoms. The molecule has 0 saturated carbocycles. The molecule has 0 spiro atoms. The molecular formula is C7H7BrClOP. The molecule has 0 amide bonds. The van der Waals surface area contributed by atoms with Crippen LogP contribution in [0.4, 0.5) is 0 Å². The molecule has 1 aromatic rings. The maximum atomic E-state index is 11.3. The van der Waals surface area contributed by atoms with Gasteiger partial charge in [0, 0.05) is 16.4 Å². The highest BCUT2D eigenvalue weighted by atomic mass is 79.9. The van der Waals surface area contributed by atoms with Crippen LogP contribution in [0.25, 0.3) is 0 Å². The Hall–Kier alpha value is 0.220. The quantitative estimate of drug-likeness (QED) is 0.702. The molecule has 0 aliphatic heterocycles. The lowest BCUT2D eigenvalue weighted by atomic mass is 10.4. The van der Waals surface area contributed by atoms with Crippen LogP contribution in [0.1, 0.15) is 0 Å². The molecule has 0 saturated heterocycles.